The third kappa shape index (κ3) is 2.50. The van der Waals surface area contributed by atoms with E-state index in [2.05, 4.69) is 15.0 Å². The standard InChI is InChI=1S/C14H9F3N4O2/c1-7-4-5-18-6-9(7)21-11-8(12(22)20-13(21)23)2-3-10(19-11)14(15,16)17/h2-6H,1H3,(H,20,22,23). The van der Waals surface area contributed by atoms with Crippen molar-refractivity contribution in [2.24, 2.45) is 0 Å². The molecule has 3 aromatic heterocycles. The van der Waals surface area contributed by atoms with Gasteiger partial charge in [0.25, 0.3) is 5.56 Å². The Morgan fingerprint density at radius 2 is 1.91 bits per heavy atom. The molecule has 0 atom stereocenters. The molecule has 0 saturated heterocycles. The number of rotatable bonds is 1. The fourth-order valence-electron chi connectivity index (χ4n) is 2.18. The number of hydrogen-bond donors (Lipinski definition) is 1. The first-order chi connectivity index (χ1) is 10.8. The molecule has 1 N–H and O–H groups in total. The molecule has 0 radical (unpaired) electrons. The van der Waals surface area contributed by atoms with Gasteiger partial charge in [-0.05, 0) is 30.7 Å². The number of hydrogen-bond acceptors (Lipinski definition) is 4. The van der Waals surface area contributed by atoms with Gasteiger partial charge >= 0.3 is 11.9 Å². The van der Waals surface area contributed by atoms with Crippen LogP contribution in [0.2, 0.25) is 0 Å². The zero-order chi connectivity index (χ0) is 16.8. The van der Waals surface area contributed by atoms with E-state index in [0.717, 1.165) is 10.6 Å². The molecule has 0 aliphatic rings. The summed E-state index contributed by atoms with van der Waals surface area (Å²) in [6.45, 7) is 1.66. The smallest absolute Gasteiger partial charge is 0.273 e. The van der Waals surface area contributed by atoms with Crippen molar-refractivity contribution in [3.63, 3.8) is 0 Å². The lowest BCUT2D eigenvalue weighted by Gasteiger charge is -2.12. The van der Waals surface area contributed by atoms with Crippen LogP contribution in [0.5, 0.6) is 0 Å². The van der Waals surface area contributed by atoms with Crippen molar-refractivity contribution in [3.8, 4) is 5.69 Å². The van der Waals surface area contributed by atoms with Gasteiger partial charge in [-0.3, -0.25) is 14.8 Å². The molecule has 0 amide bonds. The van der Waals surface area contributed by atoms with Crippen LogP contribution < -0.4 is 11.2 Å². The highest BCUT2D eigenvalue weighted by Gasteiger charge is 2.33. The Bertz CT molecular complexity index is 1020. The third-order valence-electron chi connectivity index (χ3n) is 3.30. The second-order valence-electron chi connectivity index (χ2n) is 4.82. The monoisotopic (exact) mass is 322 g/mol. The van der Waals surface area contributed by atoms with Crippen LogP contribution in [0.1, 0.15) is 11.3 Å². The number of nitrogens with zero attached hydrogens (tertiary/aromatic N) is 3. The van der Waals surface area contributed by atoms with E-state index in [4.69, 9.17) is 0 Å². The SMILES string of the molecule is Cc1ccncc1-n1c(=O)[nH]c(=O)c2ccc(C(F)(F)F)nc21. The van der Waals surface area contributed by atoms with Crippen LogP contribution in [0, 0.1) is 6.92 Å². The summed E-state index contributed by atoms with van der Waals surface area (Å²) in [4.78, 5) is 33.4. The van der Waals surface area contributed by atoms with Crippen LogP contribution in [0.3, 0.4) is 0 Å². The quantitative estimate of drug-likeness (QED) is 0.741. The van der Waals surface area contributed by atoms with Gasteiger partial charge in [-0.2, -0.15) is 13.2 Å². The molecule has 0 aliphatic carbocycles. The van der Waals surface area contributed by atoms with E-state index in [1.54, 1.807) is 13.0 Å². The molecule has 0 aliphatic heterocycles. The van der Waals surface area contributed by atoms with Gasteiger partial charge in [0.2, 0.25) is 0 Å². The summed E-state index contributed by atoms with van der Waals surface area (Å²) >= 11 is 0. The van der Waals surface area contributed by atoms with Crippen molar-refractivity contribution >= 4 is 11.0 Å². The zero-order valence-electron chi connectivity index (χ0n) is 11.7. The van der Waals surface area contributed by atoms with Gasteiger partial charge in [-0.1, -0.05) is 0 Å². The molecule has 0 saturated carbocycles. The van der Waals surface area contributed by atoms with E-state index < -0.39 is 23.1 Å². The molecule has 0 unspecified atom stereocenters. The molecule has 3 rings (SSSR count). The highest BCUT2D eigenvalue weighted by molar-refractivity contribution is 5.76. The van der Waals surface area contributed by atoms with Gasteiger partial charge in [-0.15, -0.1) is 0 Å². The second-order valence-corrected chi connectivity index (χ2v) is 4.82. The van der Waals surface area contributed by atoms with Crippen LogP contribution in [0.15, 0.2) is 40.2 Å². The highest BCUT2D eigenvalue weighted by atomic mass is 19.4. The van der Waals surface area contributed by atoms with Crippen LogP contribution in [0.4, 0.5) is 13.2 Å². The largest absolute Gasteiger partial charge is 0.433 e. The topological polar surface area (TPSA) is 80.6 Å². The molecule has 3 aromatic rings. The molecule has 6 nitrogen and oxygen atoms in total. The van der Waals surface area contributed by atoms with Gasteiger partial charge in [0.05, 0.1) is 17.3 Å². The number of fused-ring (bicyclic) bond motifs is 1. The minimum absolute atomic E-state index is 0.124. The maximum Gasteiger partial charge on any atom is 0.433 e. The number of aromatic amines is 1. The van der Waals surface area contributed by atoms with Gasteiger partial charge < -0.3 is 0 Å². The Morgan fingerprint density at radius 1 is 1.17 bits per heavy atom. The lowest BCUT2D eigenvalue weighted by atomic mass is 10.2. The summed E-state index contributed by atoms with van der Waals surface area (Å²) in [6.07, 6.45) is -1.90. The second kappa shape index (κ2) is 5.04. The normalized spacial score (nSPS) is 11.8. The number of alkyl halides is 3. The number of aryl methyl sites for hydroxylation is 1. The number of H-pyrrole nitrogens is 1. The van der Waals surface area contributed by atoms with E-state index >= 15 is 0 Å². The summed E-state index contributed by atoms with van der Waals surface area (Å²) < 4.78 is 39.6. The Kier molecular flexibility index (Phi) is 3.28. The molecular weight excluding hydrogens is 313 g/mol. The van der Waals surface area contributed by atoms with Gasteiger partial charge in [0.15, 0.2) is 5.65 Å². The first-order valence-corrected chi connectivity index (χ1v) is 6.43. The van der Waals surface area contributed by atoms with Crippen LogP contribution in [0.25, 0.3) is 16.7 Å². The van der Waals surface area contributed by atoms with Crippen molar-refractivity contribution in [3.05, 3.63) is 62.7 Å². The predicted octanol–water partition coefficient (Wildman–Crippen LogP) is 1.80. The number of aromatic nitrogens is 4. The number of nitrogens with one attached hydrogen (secondary N) is 1. The molecule has 0 bridgehead atoms. The van der Waals surface area contributed by atoms with E-state index in [1.807, 2.05) is 0 Å². The first-order valence-electron chi connectivity index (χ1n) is 6.43. The van der Waals surface area contributed by atoms with Crippen molar-refractivity contribution in [1.29, 1.82) is 0 Å². The van der Waals surface area contributed by atoms with E-state index in [9.17, 15) is 22.8 Å². The number of halogens is 3. The van der Waals surface area contributed by atoms with Crippen molar-refractivity contribution in [2.45, 2.75) is 13.1 Å². The van der Waals surface area contributed by atoms with Gasteiger partial charge in [0.1, 0.15) is 5.69 Å². The summed E-state index contributed by atoms with van der Waals surface area (Å²) in [5.41, 5.74) is -2.41. The fourth-order valence-corrected chi connectivity index (χ4v) is 2.18. The Morgan fingerprint density at radius 3 is 2.57 bits per heavy atom. The van der Waals surface area contributed by atoms with E-state index in [0.29, 0.717) is 11.6 Å². The molecule has 0 fully saturated rings. The van der Waals surface area contributed by atoms with Crippen molar-refractivity contribution in [2.75, 3.05) is 0 Å². The maximum absolute atomic E-state index is 12.9. The number of pyridine rings is 2. The first kappa shape index (κ1) is 14.9. The maximum atomic E-state index is 12.9. The summed E-state index contributed by atoms with van der Waals surface area (Å²) in [7, 11) is 0. The van der Waals surface area contributed by atoms with Gasteiger partial charge in [-0.25, -0.2) is 14.3 Å². The minimum atomic E-state index is -4.69. The average Bonchev–Trinajstić information content (AvgIpc) is 2.47. The highest BCUT2D eigenvalue weighted by Crippen LogP contribution is 2.28. The Balaban J connectivity index is 2.48. The Labute approximate surface area is 126 Å². The molecule has 118 valence electrons. The molecule has 23 heavy (non-hydrogen) atoms. The van der Waals surface area contributed by atoms with E-state index in [-0.39, 0.29) is 16.7 Å². The molecule has 9 heteroatoms. The van der Waals surface area contributed by atoms with Crippen LogP contribution in [-0.2, 0) is 6.18 Å². The lowest BCUT2D eigenvalue weighted by molar-refractivity contribution is -0.141. The summed E-state index contributed by atoms with van der Waals surface area (Å²) in [5.74, 6) is 0. The van der Waals surface area contributed by atoms with Gasteiger partial charge in [0, 0.05) is 6.20 Å². The summed E-state index contributed by atoms with van der Waals surface area (Å²) in [5, 5.41) is -0.124. The molecular formula is C14H9F3N4O2. The van der Waals surface area contributed by atoms with Crippen molar-refractivity contribution < 1.29 is 13.2 Å². The molecule has 3 heterocycles. The van der Waals surface area contributed by atoms with Crippen molar-refractivity contribution in [1.82, 2.24) is 19.5 Å². The van der Waals surface area contributed by atoms with E-state index in [1.165, 1.54) is 12.4 Å². The Hall–Kier alpha value is -2.97. The minimum Gasteiger partial charge on any atom is -0.273 e. The lowest BCUT2D eigenvalue weighted by Crippen LogP contribution is -2.30. The molecule has 0 spiro atoms. The third-order valence-corrected chi connectivity index (χ3v) is 3.30. The fraction of sp³-hybridized carbons (Fsp3) is 0.143. The zero-order valence-corrected chi connectivity index (χ0v) is 11.7. The predicted molar refractivity (Wildman–Crippen MR) is 75.5 cm³/mol. The summed E-state index contributed by atoms with van der Waals surface area (Å²) in [6, 6.07) is 3.28. The average molecular weight is 322 g/mol. The van der Waals surface area contributed by atoms with Crippen LogP contribution in [-0.4, -0.2) is 19.5 Å². The molecule has 0 aromatic carbocycles. The van der Waals surface area contributed by atoms with Crippen LogP contribution >= 0.6 is 0 Å².